The Balaban J connectivity index is 1.68. The predicted molar refractivity (Wildman–Crippen MR) is 117 cm³/mol. The first-order valence-corrected chi connectivity index (χ1v) is 10.8. The number of amides is 1. The highest BCUT2D eigenvalue weighted by Crippen LogP contribution is 2.33. The summed E-state index contributed by atoms with van der Waals surface area (Å²) in [4.78, 5) is 25.1. The number of fused-ring (bicyclic) bond motifs is 2. The van der Waals surface area contributed by atoms with E-state index in [1.807, 2.05) is 61.8 Å². The molecule has 3 heterocycles. The number of pyridine rings is 2. The van der Waals surface area contributed by atoms with Crippen LogP contribution < -0.4 is 5.11 Å². The minimum absolute atomic E-state index is 0.222. The van der Waals surface area contributed by atoms with E-state index >= 15 is 0 Å². The Labute approximate surface area is 183 Å². The number of nitrogens with zero attached hydrogens (tertiary/aromatic N) is 5. The molecule has 0 spiro atoms. The van der Waals surface area contributed by atoms with Crippen molar-refractivity contribution in [3.8, 4) is 0 Å². The quantitative estimate of drug-likeness (QED) is 0.634. The standard InChI is InChI=1S/C24H31N5O2/c1-24(2,3)29(23(30)31)16-20-18(26-21-12-5-6-14-28(20)21)15-27(4)19-11-7-9-17-10-8-13-25-22(17)19/h5-6,8,10,12-14,19H,7,9,11,15-16H2,1-4H3,(H,30,31)/p-1/t19-/m0/s1. The summed E-state index contributed by atoms with van der Waals surface area (Å²) in [6.07, 6.45) is 5.88. The average Bonchev–Trinajstić information content (AvgIpc) is 3.07. The number of carbonyl (C=O) groups is 1. The molecule has 0 N–H and O–H groups in total. The molecule has 0 aliphatic heterocycles. The molecule has 31 heavy (non-hydrogen) atoms. The van der Waals surface area contributed by atoms with Gasteiger partial charge in [0.15, 0.2) is 0 Å². The van der Waals surface area contributed by atoms with E-state index < -0.39 is 11.6 Å². The van der Waals surface area contributed by atoms with Crippen molar-refractivity contribution >= 4 is 11.7 Å². The van der Waals surface area contributed by atoms with Gasteiger partial charge in [0.1, 0.15) is 11.7 Å². The molecule has 0 radical (unpaired) electrons. The van der Waals surface area contributed by atoms with Crippen molar-refractivity contribution in [3.63, 3.8) is 0 Å². The van der Waals surface area contributed by atoms with Gasteiger partial charge in [-0.3, -0.25) is 9.88 Å². The second kappa shape index (κ2) is 8.30. The lowest BCUT2D eigenvalue weighted by molar-refractivity contribution is -0.271. The molecule has 3 aromatic rings. The van der Waals surface area contributed by atoms with E-state index in [-0.39, 0.29) is 12.6 Å². The number of aryl methyl sites for hydroxylation is 1. The molecule has 0 fully saturated rings. The normalized spacial score (nSPS) is 16.5. The third kappa shape index (κ3) is 4.28. The van der Waals surface area contributed by atoms with Gasteiger partial charge in [-0.25, -0.2) is 4.98 Å². The zero-order valence-corrected chi connectivity index (χ0v) is 18.7. The molecular formula is C24H30N5O2-. The Morgan fingerprint density at radius 2 is 2.03 bits per heavy atom. The first-order chi connectivity index (χ1) is 14.8. The van der Waals surface area contributed by atoms with Gasteiger partial charge in [0.05, 0.1) is 29.7 Å². The number of hydrogen-bond acceptors (Lipinski definition) is 5. The molecule has 7 heteroatoms. The SMILES string of the molecule is CN(Cc1nc2ccccn2c1CN(C(=O)[O-])C(C)(C)C)[C@H]1CCCc2cccnc21. The highest BCUT2D eigenvalue weighted by atomic mass is 16.4. The summed E-state index contributed by atoms with van der Waals surface area (Å²) >= 11 is 0. The van der Waals surface area contributed by atoms with Crippen LogP contribution in [-0.4, -0.2) is 42.8 Å². The molecule has 1 atom stereocenters. The van der Waals surface area contributed by atoms with Crippen LogP contribution in [0.15, 0.2) is 42.7 Å². The monoisotopic (exact) mass is 420 g/mol. The van der Waals surface area contributed by atoms with Crippen LogP contribution in [0.5, 0.6) is 0 Å². The second-order valence-electron chi connectivity index (χ2n) is 9.33. The van der Waals surface area contributed by atoms with Crippen molar-refractivity contribution in [2.75, 3.05) is 7.05 Å². The summed E-state index contributed by atoms with van der Waals surface area (Å²) in [5.74, 6) is 0. The van der Waals surface area contributed by atoms with Crippen LogP contribution >= 0.6 is 0 Å². The van der Waals surface area contributed by atoms with Crippen LogP contribution in [0, 0.1) is 0 Å². The van der Waals surface area contributed by atoms with E-state index in [9.17, 15) is 9.90 Å². The van der Waals surface area contributed by atoms with Crippen molar-refractivity contribution in [3.05, 3.63) is 65.4 Å². The van der Waals surface area contributed by atoms with Crippen molar-refractivity contribution in [2.45, 2.75) is 64.7 Å². The van der Waals surface area contributed by atoms with Crippen molar-refractivity contribution in [1.82, 2.24) is 24.2 Å². The Kier molecular flexibility index (Phi) is 5.71. The summed E-state index contributed by atoms with van der Waals surface area (Å²) in [7, 11) is 2.10. The third-order valence-corrected chi connectivity index (χ3v) is 6.15. The second-order valence-corrected chi connectivity index (χ2v) is 9.33. The molecule has 1 aliphatic carbocycles. The lowest BCUT2D eigenvalue weighted by Gasteiger charge is -2.38. The minimum atomic E-state index is -1.18. The van der Waals surface area contributed by atoms with E-state index in [1.165, 1.54) is 10.5 Å². The molecule has 1 amide bonds. The lowest BCUT2D eigenvalue weighted by atomic mass is 9.91. The molecule has 0 saturated carbocycles. The molecule has 0 unspecified atom stereocenters. The lowest BCUT2D eigenvalue weighted by Crippen LogP contribution is -2.51. The van der Waals surface area contributed by atoms with Crippen LogP contribution in [0.4, 0.5) is 4.79 Å². The van der Waals surface area contributed by atoms with E-state index in [4.69, 9.17) is 4.98 Å². The zero-order chi connectivity index (χ0) is 22.2. The fraction of sp³-hybridized carbons (Fsp3) is 0.458. The first-order valence-electron chi connectivity index (χ1n) is 10.8. The van der Waals surface area contributed by atoms with Crippen LogP contribution in [0.2, 0.25) is 0 Å². The highest BCUT2D eigenvalue weighted by Gasteiger charge is 2.28. The zero-order valence-electron chi connectivity index (χ0n) is 18.7. The number of hydrogen-bond donors (Lipinski definition) is 0. The first kappa shape index (κ1) is 21.3. The van der Waals surface area contributed by atoms with Gasteiger partial charge < -0.3 is 19.2 Å². The van der Waals surface area contributed by atoms with E-state index in [2.05, 4.69) is 23.0 Å². The van der Waals surface area contributed by atoms with Crippen LogP contribution in [0.3, 0.4) is 0 Å². The van der Waals surface area contributed by atoms with Gasteiger partial charge in [-0.05, 0) is 70.8 Å². The Morgan fingerprint density at radius 3 is 2.77 bits per heavy atom. The molecule has 0 bridgehead atoms. The number of carboxylic acid groups (broad SMARTS) is 1. The fourth-order valence-electron chi connectivity index (χ4n) is 4.48. The number of imidazole rings is 1. The van der Waals surface area contributed by atoms with E-state index in [1.54, 1.807) is 0 Å². The van der Waals surface area contributed by atoms with Crippen LogP contribution in [0.1, 0.15) is 62.3 Å². The maximum atomic E-state index is 11.9. The topological polar surface area (TPSA) is 76.8 Å². The summed E-state index contributed by atoms with van der Waals surface area (Å²) in [5.41, 5.74) is 4.46. The third-order valence-electron chi connectivity index (χ3n) is 6.15. The maximum Gasteiger partial charge on any atom is 0.137 e. The Hall–Kier alpha value is -2.93. The molecular weight excluding hydrogens is 390 g/mol. The maximum absolute atomic E-state index is 11.9. The van der Waals surface area contributed by atoms with Gasteiger partial charge in [-0.1, -0.05) is 12.1 Å². The number of carbonyl (C=O) groups excluding carboxylic acids is 1. The Morgan fingerprint density at radius 1 is 1.23 bits per heavy atom. The molecule has 164 valence electrons. The van der Waals surface area contributed by atoms with Crippen LogP contribution in [0.25, 0.3) is 5.65 Å². The summed E-state index contributed by atoms with van der Waals surface area (Å²) in [6.45, 7) is 6.47. The largest absolute Gasteiger partial charge is 0.530 e. The molecule has 0 aromatic carbocycles. The van der Waals surface area contributed by atoms with E-state index in [0.29, 0.717) is 6.54 Å². The number of aromatic nitrogens is 3. The highest BCUT2D eigenvalue weighted by molar-refractivity contribution is 5.63. The smallest absolute Gasteiger partial charge is 0.137 e. The van der Waals surface area contributed by atoms with Crippen molar-refractivity contribution < 1.29 is 9.90 Å². The van der Waals surface area contributed by atoms with Gasteiger partial charge in [-0.2, -0.15) is 0 Å². The summed E-state index contributed by atoms with van der Waals surface area (Å²) in [5, 5.41) is 11.9. The summed E-state index contributed by atoms with van der Waals surface area (Å²) in [6, 6.07) is 10.2. The van der Waals surface area contributed by atoms with E-state index in [0.717, 1.165) is 42.0 Å². The predicted octanol–water partition coefficient (Wildman–Crippen LogP) is 3.18. The molecule has 0 saturated heterocycles. The van der Waals surface area contributed by atoms with Crippen LogP contribution in [-0.2, 0) is 19.5 Å². The fourth-order valence-corrected chi connectivity index (χ4v) is 4.48. The molecule has 3 aromatic heterocycles. The van der Waals surface area contributed by atoms with Gasteiger partial charge in [0.2, 0.25) is 0 Å². The molecule has 7 nitrogen and oxygen atoms in total. The van der Waals surface area contributed by atoms with Crippen molar-refractivity contribution in [2.24, 2.45) is 0 Å². The molecule has 1 aliphatic rings. The van der Waals surface area contributed by atoms with Crippen molar-refractivity contribution in [1.29, 1.82) is 0 Å². The molecule has 4 rings (SSSR count). The van der Waals surface area contributed by atoms with Gasteiger partial charge in [0.25, 0.3) is 0 Å². The summed E-state index contributed by atoms with van der Waals surface area (Å²) < 4.78 is 1.98. The van der Waals surface area contributed by atoms with Gasteiger partial charge >= 0.3 is 0 Å². The van der Waals surface area contributed by atoms with Gasteiger partial charge in [-0.15, -0.1) is 0 Å². The Bertz CT molecular complexity index is 1090. The van der Waals surface area contributed by atoms with Gasteiger partial charge in [0, 0.05) is 24.5 Å². The average molecular weight is 421 g/mol. The minimum Gasteiger partial charge on any atom is -0.530 e. The number of rotatable bonds is 5.